The van der Waals surface area contributed by atoms with E-state index in [-0.39, 0.29) is 0 Å². The molecule has 62 valence electrons. The van der Waals surface area contributed by atoms with Crippen LogP contribution < -0.4 is 0 Å². The predicted molar refractivity (Wildman–Crippen MR) is 55.6 cm³/mol. The van der Waals surface area contributed by atoms with Gasteiger partial charge in [0.2, 0.25) is 0 Å². The molecule has 1 nitrogen and oxygen atoms in total. The van der Waals surface area contributed by atoms with E-state index in [0.29, 0.717) is 5.76 Å². The van der Waals surface area contributed by atoms with E-state index >= 15 is 0 Å². The Bertz CT molecular complexity index is 196. The summed E-state index contributed by atoms with van der Waals surface area (Å²) in [4.78, 5) is 1.10. The fraction of sp³-hybridized carbons (Fsp3) is 0.250. The second kappa shape index (κ2) is 5.49. The van der Waals surface area contributed by atoms with Crippen molar-refractivity contribution in [3.8, 4) is 0 Å². The summed E-state index contributed by atoms with van der Waals surface area (Å²) >= 11 is 4.78. The Morgan fingerprint density at radius 2 is 2.09 bits per heavy atom. The van der Waals surface area contributed by atoms with Crippen LogP contribution in [-0.4, -0.2) is 7.11 Å². The van der Waals surface area contributed by atoms with E-state index in [2.05, 4.69) is 29.1 Å². The number of hydrogen-bond donors (Lipinski definition) is 0. The van der Waals surface area contributed by atoms with Crippen LogP contribution in [0, 0.1) is 0 Å². The van der Waals surface area contributed by atoms with Gasteiger partial charge in [-0.15, -0.1) is 0 Å². The van der Waals surface area contributed by atoms with Gasteiger partial charge < -0.3 is 4.74 Å². The van der Waals surface area contributed by atoms with Crippen molar-refractivity contribution in [1.82, 2.24) is 0 Å². The van der Waals surface area contributed by atoms with Gasteiger partial charge >= 0.3 is 0 Å². The first kappa shape index (κ1) is 10.8. The summed E-state index contributed by atoms with van der Waals surface area (Å²) in [6.45, 7) is 9.33. The van der Waals surface area contributed by atoms with Crippen molar-refractivity contribution in [2.24, 2.45) is 0 Å². The molecule has 0 fully saturated rings. The van der Waals surface area contributed by atoms with Crippen molar-refractivity contribution in [2.45, 2.75) is 6.92 Å². The van der Waals surface area contributed by atoms with E-state index in [9.17, 15) is 0 Å². The van der Waals surface area contributed by atoms with E-state index < -0.39 is 0 Å². The zero-order valence-corrected chi connectivity index (χ0v) is 9.09. The van der Waals surface area contributed by atoms with Crippen LogP contribution in [0.15, 0.2) is 33.7 Å². The average molecular weight is 235 g/mol. The third kappa shape index (κ3) is 6.26. The van der Waals surface area contributed by atoms with Gasteiger partial charge in [0.05, 0.1) is 7.11 Å². The van der Waals surface area contributed by atoms with Crippen LogP contribution in [0.1, 0.15) is 6.92 Å². The minimum Gasteiger partial charge on any atom is -0.497 e. The van der Waals surface area contributed by atoms with Crippen LogP contribution in [0.5, 0.6) is 0 Å². The fourth-order valence-corrected chi connectivity index (χ4v) is 1.80. The third-order valence-corrected chi connectivity index (χ3v) is 2.05. The maximum absolute atomic E-state index is 4.87. The zero-order valence-electron chi connectivity index (χ0n) is 6.69. The highest BCUT2D eigenvalue weighted by molar-refractivity contribution is 9.14. The lowest BCUT2D eigenvalue weighted by Gasteiger charge is -2.00. The summed E-state index contributed by atoms with van der Waals surface area (Å²) in [5, 5.41) is 0. The molecule has 0 aromatic carbocycles. The number of methoxy groups -OCH3 is 1. The average Bonchev–Trinajstić information content (AvgIpc) is 1.85. The van der Waals surface area contributed by atoms with Crippen molar-refractivity contribution < 1.29 is 4.74 Å². The van der Waals surface area contributed by atoms with Gasteiger partial charge in [-0.2, -0.15) is 0 Å². The van der Waals surface area contributed by atoms with Crippen molar-refractivity contribution in [3.63, 3.8) is 0 Å². The van der Waals surface area contributed by atoms with E-state index in [1.807, 2.05) is 13.0 Å². The molecule has 0 aliphatic rings. The maximum atomic E-state index is 4.87. The Morgan fingerprint density at radius 3 is 2.45 bits per heavy atom. The lowest BCUT2D eigenvalue weighted by Crippen LogP contribution is -1.78. The molecule has 0 bridgehead atoms. The molecule has 11 heavy (non-hydrogen) atoms. The van der Waals surface area contributed by atoms with Gasteiger partial charge in [0.15, 0.2) is 0 Å². The lowest BCUT2D eigenvalue weighted by molar-refractivity contribution is 0.308. The Hall–Kier alpha value is -0.150. The summed E-state index contributed by atoms with van der Waals surface area (Å²) < 4.78 is 5.76. The highest BCUT2D eigenvalue weighted by Crippen LogP contribution is 2.28. The smallest absolute Gasteiger partial charge is 0.112 e. The lowest BCUT2D eigenvalue weighted by atomic mass is 10.5. The second-order valence-electron chi connectivity index (χ2n) is 1.88. The van der Waals surface area contributed by atoms with Crippen LogP contribution >= 0.6 is 27.7 Å². The SMILES string of the molecule is C=C(C=C(C)SC(=C)Br)OC. The van der Waals surface area contributed by atoms with E-state index in [1.54, 1.807) is 18.9 Å². The number of halogens is 1. The number of thioether (sulfide) groups is 1. The Labute approximate surface area is 80.3 Å². The van der Waals surface area contributed by atoms with Gasteiger partial charge in [-0.1, -0.05) is 24.9 Å². The standard InChI is InChI=1S/C8H11BrOS/c1-6(10-4)5-7(2)11-8(3)9/h5H,1,3H2,2,4H3. The van der Waals surface area contributed by atoms with Crippen LogP contribution in [0.3, 0.4) is 0 Å². The molecule has 0 N–H and O–H groups in total. The predicted octanol–water partition coefficient (Wildman–Crippen LogP) is 3.65. The molecular weight excluding hydrogens is 224 g/mol. The fourth-order valence-electron chi connectivity index (χ4n) is 0.490. The van der Waals surface area contributed by atoms with Gasteiger partial charge in [0, 0.05) is 3.81 Å². The molecule has 0 atom stereocenters. The van der Waals surface area contributed by atoms with Crippen molar-refractivity contribution in [1.29, 1.82) is 0 Å². The molecule has 0 spiro atoms. The van der Waals surface area contributed by atoms with Crippen molar-refractivity contribution in [2.75, 3.05) is 7.11 Å². The first-order valence-electron chi connectivity index (χ1n) is 2.99. The van der Waals surface area contributed by atoms with Crippen molar-refractivity contribution >= 4 is 27.7 Å². The zero-order chi connectivity index (χ0) is 8.85. The van der Waals surface area contributed by atoms with Crippen LogP contribution in [0.2, 0.25) is 0 Å². The van der Waals surface area contributed by atoms with Gasteiger partial charge in [-0.05, 0) is 33.8 Å². The molecule has 0 unspecified atom stereocenters. The van der Waals surface area contributed by atoms with Crippen LogP contribution in [-0.2, 0) is 4.74 Å². The Kier molecular flexibility index (Phi) is 5.42. The summed E-state index contributed by atoms with van der Waals surface area (Å²) in [5.41, 5.74) is 0. The van der Waals surface area contributed by atoms with Gasteiger partial charge in [0.25, 0.3) is 0 Å². The van der Waals surface area contributed by atoms with Crippen LogP contribution in [0.4, 0.5) is 0 Å². The molecule has 0 amide bonds. The largest absolute Gasteiger partial charge is 0.497 e. The van der Waals surface area contributed by atoms with Crippen molar-refractivity contribution in [3.05, 3.63) is 33.7 Å². The topological polar surface area (TPSA) is 9.23 Å². The summed E-state index contributed by atoms with van der Waals surface area (Å²) in [6.07, 6.45) is 1.86. The highest BCUT2D eigenvalue weighted by atomic mass is 79.9. The molecule has 0 saturated heterocycles. The minimum atomic E-state index is 0.656. The van der Waals surface area contributed by atoms with Gasteiger partial charge in [-0.3, -0.25) is 0 Å². The molecular formula is C8H11BrOS. The minimum absolute atomic E-state index is 0.656. The molecule has 0 heterocycles. The quantitative estimate of drug-likeness (QED) is 0.543. The molecule has 0 aromatic heterocycles. The van der Waals surface area contributed by atoms with E-state index in [0.717, 1.165) is 8.72 Å². The normalized spacial score (nSPS) is 11.0. The molecule has 0 saturated carbocycles. The monoisotopic (exact) mass is 234 g/mol. The number of rotatable bonds is 4. The van der Waals surface area contributed by atoms with E-state index in [1.165, 1.54) is 0 Å². The molecule has 0 aliphatic heterocycles. The van der Waals surface area contributed by atoms with Crippen LogP contribution in [0.25, 0.3) is 0 Å². The van der Waals surface area contributed by atoms with E-state index in [4.69, 9.17) is 4.74 Å². The first-order valence-corrected chi connectivity index (χ1v) is 4.60. The Morgan fingerprint density at radius 1 is 1.55 bits per heavy atom. The maximum Gasteiger partial charge on any atom is 0.112 e. The number of ether oxygens (including phenoxy) is 1. The van der Waals surface area contributed by atoms with Gasteiger partial charge in [-0.25, -0.2) is 0 Å². The first-order chi connectivity index (χ1) is 5.06. The number of allylic oxidation sites excluding steroid dienone is 2. The molecule has 0 aromatic rings. The number of hydrogen-bond acceptors (Lipinski definition) is 2. The third-order valence-electron chi connectivity index (χ3n) is 0.898. The molecule has 0 rings (SSSR count). The van der Waals surface area contributed by atoms with Gasteiger partial charge in [0.1, 0.15) is 5.76 Å². The summed E-state index contributed by atoms with van der Waals surface area (Å²) in [6, 6.07) is 0. The Balaban J connectivity index is 4.00. The summed E-state index contributed by atoms with van der Waals surface area (Å²) in [5.74, 6) is 0.656. The molecule has 0 aliphatic carbocycles. The summed E-state index contributed by atoms with van der Waals surface area (Å²) in [7, 11) is 1.60. The highest BCUT2D eigenvalue weighted by Gasteiger charge is 1.93. The molecule has 3 heteroatoms. The second-order valence-corrected chi connectivity index (χ2v) is 4.71. The molecule has 0 radical (unpaired) electrons.